The van der Waals surface area contributed by atoms with Crippen LogP contribution in [0, 0.1) is 5.92 Å². The predicted molar refractivity (Wildman–Crippen MR) is 75.4 cm³/mol. The SMILES string of the molecule is CC1CCN(C(=O)c2cc(Br)ccc2Cl)C1C(=O)O. The van der Waals surface area contributed by atoms with Gasteiger partial charge in [0.05, 0.1) is 10.6 Å². The van der Waals surface area contributed by atoms with Crippen molar-refractivity contribution in [3.05, 3.63) is 33.3 Å². The van der Waals surface area contributed by atoms with Crippen molar-refractivity contribution in [1.82, 2.24) is 4.90 Å². The number of carboxylic acids is 1. The average molecular weight is 347 g/mol. The monoisotopic (exact) mass is 345 g/mol. The highest BCUT2D eigenvalue weighted by Gasteiger charge is 2.40. The summed E-state index contributed by atoms with van der Waals surface area (Å²) in [5.74, 6) is -1.35. The van der Waals surface area contributed by atoms with Crippen LogP contribution in [-0.4, -0.2) is 34.5 Å². The lowest BCUT2D eigenvalue weighted by Crippen LogP contribution is -2.42. The number of carboxylic acid groups (broad SMARTS) is 1. The van der Waals surface area contributed by atoms with Crippen molar-refractivity contribution < 1.29 is 14.7 Å². The first-order valence-corrected chi connectivity index (χ1v) is 7.07. The fraction of sp³-hybridized carbons (Fsp3) is 0.385. The third-order valence-corrected chi connectivity index (χ3v) is 4.20. The second-order valence-electron chi connectivity index (χ2n) is 4.67. The topological polar surface area (TPSA) is 57.6 Å². The van der Waals surface area contributed by atoms with Gasteiger partial charge in [-0.3, -0.25) is 4.79 Å². The van der Waals surface area contributed by atoms with Gasteiger partial charge in [-0.15, -0.1) is 0 Å². The number of benzene rings is 1. The molecule has 1 N–H and O–H groups in total. The zero-order valence-electron chi connectivity index (χ0n) is 10.3. The van der Waals surface area contributed by atoms with Gasteiger partial charge < -0.3 is 10.0 Å². The summed E-state index contributed by atoms with van der Waals surface area (Å²) in [5.41, 5.74) is 0.330. The van der Waals surface area contributed by atoms with Crippen molar-refractivity contribution in [3.63, 3.8) is 0 Å². The summed E-state index contributed by atoms with van der Waals surface area (Å²) in [4.78, 5) is 25.1. The lowest BCUT2D eigenvalue weighted by atomic mass is 10.0. The third kappa shape index (κ3) is 2.77. The predicted octanol–water partition coefficient (Wildman–Crippen LogP) is 3.04. The first kappa shape index (κ1) is 14.3. The van der Waals surface area contributed by atoms with E-state index in [-0.39, 0.29) is 11.8 Å². The van der Waals surface area contributed by atoms with Gasteiger partial charge in [-0.05, 0) is 30.5 Å². The van der Waals surface area contributed by atoms with Crippen molar-refractivity contribution in [3.8, 4) is 0 Å². The molecule has 1 saturated heterocycles. The van der Waals surface area contributed by atoms with Crippen LogP contribution in [0.3, 0.4) is 0 Å². The van der Waals surface area contributed by atoms with Crippen molar-refractivity contribution in [1.29, 1.82) is 0 Å². The zero-order chi connectivity index (χ0) is 14.2. The van der Waals surface area contributed by atoms with Gasteiger partial charge in [-0.2, -0.15) is 0 Å². The van der Waals surface area contributed by atoms with E-state index in [1.165, 1.54) is 4.90 Å². The summed E-state index contributed by atoms with van der Waals surface area (Å²) in [7, 11) is 0. The molecule has 1 heterocycles. The fourth-order valence-electron chi connectivity index (χ4n) is 2.37. The van der Waals surface area contributed by atoms with Crippen molar-refractivity contribution in [2.45, 2.75) is 19.4 Å². The Balaban J connectivity index is 2.33. The largest absolute Gasteiger partial charge is 0.480 e. The molecule has 1 aliphatic rings. The van der Waals surface area contributed by atoms with E-state index < -0.39 is 12.0 Å². The van der Waals surface area contributed by atoms with Gasteiger partial charge in [-0.25, -0.2) is 4.79 Å². The molecule has 4 nitrogen and oxygen atoms in total. The van der Waals surface area contributed by atoms with Crippen LogP contribution in [0.2, 0.25) is 5.02 Å². The van der Waals surface area contributed by atoms with Crippen molar-refractivity contribution >= 4 is 39.4 Å². The van der Waals surface area contributed by atoms with E-state index in [1.54, 1.807) is 18.2 Å². The number of halogens is 2. The van der Waals surface area contributed by atoms with Crippen LogP contribution in [0.1, 0.15) is 23.7 Å². The molecular weight excluding hydrogens is 334 g/mol. The Hall–Kier alpha value is -1.07. The summed E-state index contributed by atoms with van der Waals surface area (Å²) >= 11 is 9.30. The summed E-state index contributed by atoms with van der Waals surface area (Å²) in [6.45, 7) is 2.29. The van der Waals surface area contributed by atoms with Gasteiger partial charge in [0.2, 0.25) is 0 Å². The molecule has 102 valence electrons. The molecule has 0 aromatic heterocycles. The number of hydrogen-bond donors (Lipinski definition) is 1. The van der Waals surface area contributed by atoms with E-state index >= 15 is 0 Å². The molecule has 2 atom stereocenters. The molecule has 1 fully saturated rings. The van der Waals surface area contributed by atoms with E-state index in [0.29, 0.717) is 23.6 Å². The van der Waals surface area contributed by atoms with Crippen molar-refractivity contribution in [2.75, 3.05) is 6.54 Å². The van der Waals surface area contributed by atoms with Gasteiger partial charge in [0.1, 0.15) is 6.04 Å². The number of likely N-dealkylation sites (tertiary alicyclic amines) is 1. The smallest absolute Gasteiger partial charge is 0.326 e. The number of amides is 1. The van der Waals surface area contributed by atoms with Gasteiger partial charge >= 0.3 is 5.97 Å². The Labute approximate surface area is 124 Å². The highest BCUT2D eigenvalue weighted by atomic mass is 79.9. The summed E-state index contributed by atoms with van der Waals surface area (Å²) < 4.78 is 0.736. The molecule has 2 unspecified atom stereocenters. The minimum absolute atomic E-state index is 0.0487. The second-order valence-corrected chi connectivity index (χ2v) is 5.99. The van der Waals surface area contributed by atoms with Gasteiger partial charge in [0.15, 0.2) is 0 Å². The van der Waals surface area contributed by atoms with Crippen LogP contribution in [0.5, 0.6) is 0 Å². The molecule has 2 rings (SSSR count). The molecule has 19 heavy (non-hydrogen) atoms. The molecule has 6 heteroatoms. The van der Waals surface area contributed by atoms with Crippen LogP contribution in [0.4, 0.5) is 0 Å². The maximum Gasteiger partial charge on any atom is 0.326 e. The fourth-order valence-corrected chi connectivity index (χ4v) is 2.93. The highest BCUT2D eigenvalue weighted by molar-refractivity contribution is 9.10. The lowest BCUT2D eigenvalue weighted by molar-refractivity contribution is -0.142. The normalized spacial score (nSPS) is 22.6. The Morgan fingerprint density at radius 2 is 2.16 bits per heavy atom. The quantitative estimate of drug-likeness (QED) is 0.895. The number of rotatable bonds is 2. The number of aliphatic carboxylic acids is 1. The molecule has 1 aromatic carbocycles. The van der Waals surface area contributed by atoms with E-state index in [9.17, 15) is 14.7 Å². The van der Waals surface area contributed by atoms with Crippen LogP contribution in [0.25, 0.3) is 0 Å². The Morgan fingerprint density at radius 3 is 2.79 bits per heavy atom. The van der Waals surface area contributed by atoms with Crippen LogP contribution in [0.15, 0.2) is 22.7 Å². The zero-order valence-corrected chi connectivity index (χ0v) is 12.6. The Kier molecular flexibility index (Phi) is 4.16. The highest BCUT2D eigenvalue weighted by Crippen LogP contribution is 2.29. The van der Waals surface area contributed by atoms with E-state index in [2.05, 4.69) is 15.9 Å². The summed E-state index contributed by atoms with van der Waals surface area (Å²) in [5, 5.41) is 9.57. The van der Waals surface area contributed by atoms with Gasteiger partial charge in [0.25, 0.3) is 5.91 Å². The molecule has 0 bridgehead atoms. The Bertz CT molecular complexity index is 535. The average Bonchev–Trinajstić information content (AvgIpc) is 2.73. The molecule has 0 saturated carbocycles. The lowest BCUT2D eigenvalue weighted by Gasteiger charge is -2.23. The maximum absolute atomic E-state index is 12.4. The van der Waals surface area contributed by atoms with E-state index in [4.69, 9.17) is 11.6 Å². The van der Waals surface area contributed by atoms with Crippen LogP contribution in [-0.2, 0) is 4.79 Å². The minimum Gasteiger partial charge on any atom is -0.480 e. The summed E-state index contributed by atoms with van der Waals surface area (Å²) in [6.07, 6.45) is 0.689. The van der Waals surface area contributed by atoms with Crippen LogP contribution >= 0.6 is 27.5 Å². The van der Waals surface area contributed by atoms with Gasteiger partial charge in [0, 0.05) is 11.0 Å². The molecule has 1 aromatic rings. The number of nitrogens with zero attached hydrogens (tertiary/aromatic N) is 1. The number of hydrogen-bond acceptors (Lipinski definition) is 2. The molecule has 1 aliphatic heterocycles. The third-order valence-electron chi connectivity index (χ3n) is 3.37. The van der Waals surface area contributed by atoms with Gasteiger partial charge in [-0.1, -0.05) is 34.5 Å². The second kappa shape index (κ2) is 5.51. The molecule has 1 amide bonds. The first-order chi connectivity index (χ1) is 8.91. The summed E-state index contributed by atoms with van der Waals surface area (Å²) in [6, 6.07) is 4.20. The first-order valence-electron chi connectivity index (χ1n) is 5.90. The van der Waals surface area contributed by atoms with E-state index in [0.717, 1.165) is 4.47 Å². The van der Waals surface area contributed by atoms with E-state index in [1.807, 2.05) is 6.92 Å². The Morgan fingerprint density at radius 1 is 1.47 bits per heavy atom. The number of carbonyl (C=O) groups excluding carboxylic acids is 1. The standard InChI is InChI=1S/C13H13BrClNO3/c1-7-4-5-16(11(7)13(18)19)12(17)9-6-8(14)2-3-10(9)15/h2-3,6-7,11H,4-5H2,1H3,(H,18,19). The molecule has 0 radical (unpaired) electrons. The van der Waals surface area contributed by atoms with Crippen LogP contribution < -0.4 is 0 Å². The molecule has 0 spiro atoms. The van der Waals surface area contributed by atoms with Crippen molar-refractivity contribution in [2.24, 2.45) is 5.92 Å². The minimum atomic E-state index is -0.968. The molecule has 0 aliphatic carbocycles. The molecular formula is C13H13BrClNO3. The maximum atomic E-state index is 12.4. The number of carbonyl (C=O) groups is 2.